The van der Waals surface area contributed by atoms with Crippen LogP contribution in [0.4, 0.5) is 23.2 Å². The maximum absolute atomic E-state index is 15.0. The molecule has 0 spiro atoms. The predicted molar refractivity (Wildman–Crippen MR) is 128 cm³/mol. The van der Waals surface area contributed by atoms with E-state index >= 15 is 4.39 Å². The third-order valence-electron chi connectivity index (χ3n) is 6.85. The standard InChI is InChI=1S/C25H24F4N6O2/c1-13-18(11-32-34(13)2)21-10-17-22(19(26)12-31-23(17)33-21)14-5-7-35(8-6-14)24(36)16-4-3-15(9-20(16)30)37-25(27,28)29/h3-4,9-12,14H,5-8,30H2,1-2H3,(H,31,33). The normalized spacial score (nSPS) is 14.9. The Kier molecular flexibility index (Phi) is 6.04. The van der Waals surface area contributed by atoms with Crippen LogP contribution in [0.1, 0.15) is 40.4 Å². The highest BCUT2D eigenvalue weighted by Gasteiger charge is 2.32. The molecule has 0 atom stereocenters. The van der Waals surface area contributed by atoms with E-state index in [1.165, 1.54) is 12.3 Å². The predicted octanol–water partition coefficient (Wildman–Crippen LogP) is 4.91. The van der Waals surface area contributed by atoms with Crippen molar-refractivity contribution in [1.29, 1.82) is 0 Å². The summed E-state index contributed by atoms with van der Waals surface area (Å²) in [4.78, 5) is 22.1. The van der Waals surface area contributed by atoms with Crippen LogP contribution in [0.15, 0.2) is 36.7 Å². The van der Waals surface area contributed by atoms with Crippen molar-refractivity contribution in [2.75, 3.05) is 18.8 Å². The Morgan fingerprint density at radius 3 is 2.54 bits per heavy atom. The molecule has 4 heterocycles. The number of fused-ring (bicyclic) bond motifs is 1. The number of nitrogens with two attached hydrogens (primary N) is 1. The van der Waals surface area contributed by atoms with E-state index in [0.29, 0.717) is 42.5 Å². The fraction of sp³-hybridized carbons (Fsp3) is 0.320. The SMILES string of the molecule is Cc1c(-c2cc3c(C4CCN(C(=O)c5ccc(OC(F)(F)F)cc5N)CC4)c(F)cnc3[nH]2)cnn1C. The Morgan fingerprint density at radius 2 is 1.92 bits per heavy atom. The zero-order valence-corrected chi connectivity index (χ0v) is 20.1. The van der Waals surface area contributed by atoms with Crippen LogP contribution in [0.2, 0.25) is 0 Å². The summed E-state index contributed by atoms with van der Waals surface area (Å²) in [5.41, 5.74) is 9.60. The molecule has 1 aromatic carbocycles. The quantitative estimate of drug-likeness (QED) is 0.296. The zero-order valence-electron chi connectivity index (χ0n) is 20.1. The van der Waals surface area contributed by atoms with E-state index in [0.717, 1.165) is 29.1 Å². The third-order valence-corrected chi connectivity index (χ3v) is 6.85. The van der Waals surface area contributed by atoms with Gasteiger partial charge in [0.25, 0.3) is 5.91 Å². The minimum absolute atomic E-state index is 0.0903. The number of rotatable bonds is 4. The van der Waals surface area contributed by atoms with Gasteiger partial charge in [0.05, 0.1) is 23.7 Å². The summed E-state index contributed by atoms with van der Waals surface area (Å²) in [5.74, 6) is -1.45. The summed E-state index contributed by atoms with van der Waals surface area (Å²) in [6.45, 7) is 2.62. The number of carbonyl (C=O) groups excluding carboxylic acids is 1. The number of benzene rings is 1. The number of pyridine rings is 1. The molecule has 0 aliphatic carbocycles. The van der Waals surface area contributed by atoms with E-state index in [-0.39, 0.29) is 17.2 Å². The van der Waals surface area contributed by atoms with Gasteiger partial charge in [-0.1, -0.05) is 0 Å². The maximum atomic E-state index is 15.0. The average molecular weight is 516 g/mol. The molecule has 0 bridgehead atoms. The Balaban J connectivity index is 1.34. The molecule has 8 nitrogen and oxygen atoms in total. The number of nitrogens with one attached hydrogen (secondary N) is 1. The summed E-state index contributed by atoms with van der Waals surface area (Å²) in [6, 6.07) is 5.14. The van der Waals surface area contributed by atoms with Crippen molar-refractivity contribution in [3.63, 3.8) is 0 Å². The first-order valence-corrected chi connectivity index (χ1v) is 11.6. The number of hydrogen-bond acceptors (Lipinski definition) is 5. The fourth-order valence-electron chi connectivity index (χ4n) is 4.87. The lowest BCUT2D eigenvalue weighted by Gasteiger charge is -2.33. The topological polar surface area (TPSA) is 102 Å². The Bertz CT molecular complexity index is 1480. The minimum Gasteiger partial charge on any atom is -0.406 e. The van der Waals surface area contributed by atoms with E-state index < -0.39 is 23.8 Å². The number of ether oxygens (including phenoxy) is 1. The molecule has 194 valence electrons. The van der Waals surface area contributed by atoms with E-state index in [1.54, 1.807) is 15.8 Å². The molecule has 1 aliphatic rings. The van der Waals surface area contributed by atoms with Crippen molar-refractivity contribution in [2.24, 2.45) is 7.05 Å². The molecule has 5 rings (SSSR count). The van der Waals surface area contributed by atoms with Crippen LogP contribution in [0, 0.1) is 12.7 Å². The minimum atomic E-state index is -4.86. The first-order valence-electron chi connectivity index (χ1n) is 11.6. The van der Waals surface area contributed by atoms with E-state index in [9.17, 15) is 18.0 Å². The van der Waals surface area contributed by atoms with Crippen LogP contribution in [0.25, 0.3) is 22.3 Å². The van der Waals surface area contributed by atoms with Gasteiger partial charge in [-0.25, -0.2) is 9.37 Å². The van der Waals surface area contributed by atoms with Crippen molar-refractivity contribution in [2.45, 2.75) is 32.0 Å². The number of aryl methyl sites for hydroxylation is 1. The summed E-state index contributed by atoms with van der Waals surface area (Å²) in [6.07, 6.45) is -0.901. The number of nitrogen functional groups attached to an aromatic ring is 1. The molecular formula is C25H24F4N6O2. The molecule has 1 amide bonds. The number of carbonyl (C=O) groups is 1. The summed E-state index contributed by atoms with van der Waals surface area (Å²) in [7, 11) is 1.85. The molecule has 4 aromatic rings. The van der Waals surface area contributed by atoms with Gasteiger partial charge in [-0.3, -0.25) is 9.48 Å². The summed E-state index contributed by atoms with van der Waals surface area (Å²) in [5, 5.41) is 4.96. The highest BCUT2D eigenvalue weighted by molar-refractivity contribution is 5.99. The number of amides is 1. The van der Waals surface area contributed by atoms with E-state index in [2.05, 4.69) is 19.8 Å². The third kappa shape index (κ3) is 4.70. The Labute approximate surface area is 209 Å². The highest BCUT2D eigenvalue weighted by atomic mass is 19.4. The number of likely N-dealkylation sites (tertiary alicyclic amines) is 1. The molecule has 3 N–H and O–H groups in total. The molecule has 12 heteroatoms. The Hall–Kier alpha value is -4.09. The van der Waals surface area contributed by atoms with Crippen molar-refractivity contribution in [1.82, 2.24) is 24.6 Å². The van der Waals surface area contributed by atoms with Crippen LogP contribution in [-0.4, -0.2) is 50.0 Å². The molecule has 3 aromatic heterocycles. The van der Waals surface area contributed by atoms with Gasteiger partial charge in [0, 0.05) is 54.1 Å². The lowest BCUT2D eigenvalue weighted by Crippen LogP contribution is -2.38. The molecule has 0 saturated carbocycles. The monoisotopic (exact) mass is 516 g/mol. The number of aromatic amines is 1. The Morgan fingerprint density at radius 1 is 1.19 bits per heavy atom. The van der Waals surface area contributed by atoms with Crippen LogP contribution >= 0.6 is 0 Å². The van der Waals surface area contributed by atoms with Gasteiger partial charge in [-0.15, -0.1) is 13.2 Å². The fourth-order valence-corrected chi connectivity index (χ4v) is 4.87. The zero-order chi connectivity index (χ0) is 26.5. The number of hydrogen-bond donors (Lipinski definition) is 2. The second-order valence-electron chi connectivity index (χ2n) is 9.10. The molecule has 37 heavy (non-hydrogen) atoms. The van der Waals surface area contributed by atoms with Crippen LogP contribution in [-0.2, 0) is 7.05 Å². The smallest absolute Gasteiger partial charge is 0.406 e. The number of halogens is 4. The molecule has 1 saturated heterocycles. The molecular weight excluding hydrogens is 492 g/mol. The number of anilines is 1. The molecule has 0 radical (unpaired) electrons. The number of alkyl halides is 3. The number of piperidine rings is 1. The van der Waals surface area contributed by atoms with Crippen molar-refractivity contribution < 1.29 is 27.1 Å². The van der Waals surface area contributed by atoms with Crippen molar-refractivity contribution >= 4 is 22.6 Å². The molecule has 1 fully saturated rings. The van der Waals surface area contributed by atoms with E-state index in [1.807, 2.05) is 20.0 Å². The van der Waals surface area contributed by atoms with Crippen LogP contribution in [0.5, 0.6) is 5.75 Å². The van der Waals surface area contributed by atoms with Gasteiger partial charge in [0.2, 0.25) is 0 Å². The first-order chi connectivity index (χ1) is 17.5. The molecule has 0 unspecified atom stereocenters. The largest absolute Gasteiger partial charge is 0.573 e. The lowest BCUT2D eigenvalue weighted by molar-refractivity contribution is -0.274. The number of nitrogens with zero attached hydrogens (tertiary/aromatic N) is 4. The second-order valence-corrected chi connectivity index (χ2v) is 9.10. The van der Waals surface area contributed by atoms with Crippen LogP contribution < -0.4 is 10.5 Å². The van der Waals surface area contributed by atoms with Gasteiger partial charge < -0.3 is 20.4 Å². The average Bonchev–Trinajstić information content (AvgIpc) is 3.40. The first kappa shape index (κ1) is 24.6. The van der Waals surface area contributed by atoms with Gasteiger partial charge in [0.15, 0.2) is 0 Å². The second kappa shape index (κ2) is 9.09. The van der Waals surface area contributed by atoms with E-state index in [4.69, 9.17) is 5.73 Å². The van der Waals surface area contributed by atoms with Gasteiger partial charge in [-0.05, 0) is 43.9 Å². The van der Waals surface area contributed by atoms with Gasteiger partial charge in [-0.2, -0.15) is 5.10 Å². The number of aromatic nitrogens is 4. The lowest BCUT2D eigenvalue weighted by atomic mass is 9.87. The summed E-state index contributed by atoms with van der Waals surface area (Å²) >= 11 is 0. The summed E-state index contributed by atoms with van der Waals surface area (Å²) < 4.78 is 58.0. The van der Waals surface area contributed by atoms with Crippen LogP contribution in [0.3, 0.4) is 0 Å². The molecule has 1 aliphatic heterocycles. The van der Waals surface area contributed by atoms with Gasteiger partial charge in [0.1, 0.15) is 17.2 Å². The van der Waals surface area contributed by atoms with Gasteiger partial charge >= 0.3 is 6.36 Å². The highest BCUT2D eigenvalue weighted by Crippen LogP contribution is 2.37. The number of H-pyrrole nitrogens is 1. The van der Waals surface area contributed by atoms with Crippen molar-refractivity contribution in [3.05, 3.63) is 59.3 Å². The van der Waals surface area contributed by atoms with Crippen molar-refractivity contribution in [3.8, 4) is 17.0 Å². The maximum Gasteiger partial charge on any atom is 0.573 e.